The fourth-order valence-corrected chi connectivity index (χ4v) is 5.24. The van der Waals surface area contributed by atoms with Gasteiger partial charge in [0.05, 0.1) is 25.9 Å². The summed E-state index contributed by atoms with van der Waals surface area (Å²) in [5.74, 6) is 1.40. The average molecular weight is 477 g/mol. The molecule has 2 fully saturated rings. The molecule has 2 aromatic heterocycles. The van der Waals surface area contributed by atoms with E-state index in [1.165, 1.54) is 6.07 Å². The van der Waals surface area contributed by atoms with Gasteiger partial charge in [-0.2, -0.15) is 0 Å². The molecule has 1 atom stereocenters. The molecule has 2 aliphatic rings. The molecule has 8 nitrogen and oxygen atoms in total. The van der Waals surface area contributed by atoms with Gasteiger partial charge >= 0.3 is 5.63 Å². The van der Waals surface area contributed by atoms with E-state index >= 15 is 0 Å². The third-order valence-electron chi connectivity index (χ3n) is 5.87. The van der Waals surface area contributed by atoms with Gasteiger partial charge in [0.25, 0.3) is 0 Å². The first-order valence-electron chi connectivity index (χ1n) is 10.8. The van der Waals surface area contributed by atoms with Gasteiger partial charge in [-0.25, -0.2) is 4.79 Å². The summed E-state index contributed by atoms with van der Waals surface area (Å²) in [6.07, 6.45) is 2.28. The second-order valence-electron chi connectivity index (χ2n) is 8.10. The molecule has 2 saturated heterocycles. The molecular weight excluding hydrogens is 452 g/mol. The molecule has 0 amide bonds. The van der Waals surface area contributed by atoms with Crippen LogP contribution >= 0.6 is 23.4 Å². The minimum Gasteiger partial charge on any atom is -0.423 e. The Hall–Kier alpha value is -2.07. The van der Waals surface area contributed by atoms with Gasteiger partial charge in [0.15, 0.2) is 5.16 Å². The van der Waals surface area contributed by atoms with Crippen LogP contribution in [0.4, 0.5) is 5.95 Å². The lowest BCUT2D eigenvalue weighted by Crippen LogP contribution is -2.38. The average Bonchev–Trinajstić information content (AvgIpc) is 3.44. The number of halogens is 1. The normalized spacial score (nSPS) is 19.2. The highest BCUT2D eigenvalue weighted by Crippen LogP contribution is 2.31. The van der Waals surface area contributed by atoms with E-state index in [2.05, 4.69) is 19.7 Å². The molecule has 3 aromatic rings. The van der Waals surface area contributed by atoms with E-state index in [0.717, 1.165) is 60.2 Å². The summed E-state index contributed by atoms with van der Waals surface area (Å²) in [7, 11) is 0. The standard InChI is InChI=1S/C22H25ClN4O4S/c1-14-9-19-17(11-18(14)23)15(10-20(28)31-19)13-32-22-25-24-21(26-4-7-29-8-5-26)27(22)12-16-3-2-6-30-16/h9-11,16H,2-8,12-13H2,1H3. The molecule has 2 aliphatic heterocycles. The van der Waals surface area contributed by atoms with E-state index in [4.69, 9.17) is 25.5 Å². The first-order chi connectivity index (χ1) is 15.6. The minimum atomic E-state index is -0.371. The molecule has 0 aliphatic carbocycles. The highest BCUT2D eigenvalue weighted by Gasteiger charge is 2.25. The Morgan fingerprint density at radius 3 is 2.81 bits per heavy atom. The molecule has 1 unspecified atom stereocenters. The smallest absolute Gasteiger partial charge is 0.336 e. The number of rotatable bonds is 6. The molecule has 0 saturated carbocycles. The van der Waals surface area contributed by atoms with E-state index in [9.17, 15) is 4.79 Å². The third kappa shape index (κ3) is 4.52. The number of morpholine rings is 1. The fourth-order valence-electron chi connectivity index (χ4n) is 4.15. The number of hydrogen-bond acceptors (Lipinski definition) is 8. The van der Waals surface area contributed by atoms with Gasteiger partial charge in [-0.1, -0.05) is 23.4 Å². The van der Waals surface area contributed by atoms with Gasteiger partial charge in [0.1, 0.15) is 5.58 Å². The Morgan fingerprint density at radius 2 is 2.03 bits per heavy atom. The maximum absolute atomic E-state index is 12.1. The minimum absolute atomic E-state index is 0.163. The second-order valence-corrected chi connectivity index (χ2v) is 9.45. The molecule has 0 radical (unpaired) electrons. The predicted molar refractivity (Wildman–Crippen MR) is 124 cm³/mol. The molecule has 1 aromatic carbocycles. The molecular formula is C22H25ClN4O4S. The van der Waals surface area contributed by atoms with Crippen LogP contribution in [0.25, 0.3) is 11.0 Å². The number of benzene rings is 1. The van der Waals surface area contributed by atoms with Crippen molar-refractivity contribution in [2.45, 2.75) is 43.3 Å². The summed E-state index contributed by atoms with van der Waals surface area (Å²) in [5, 5.41) is 11.3. The van der Waals surface area contributed by atoms with E-state index in [0.29, 0.717) is 36.1 Å². The number of fused-ring (bicyclic) bond motifs is 1. The summed E-state index contributed by atoms with van der Waals surface area (Å²) in [6, 6.07) is 5.20. The number of nitrogens with zero attached hydrogens (tertiary/aromatic N) is 4. The number of hydrogen-bond donors (Lipinski definition) is 0. The lowest BCUT2D eigenvalue weighted by molar-refractivity contribution is 0.0942. The van der Waals surface area contributed by atoms with Crippen molar-refractivity contribution in [3.05, 3.63) is 44.8 Å². The van der Waals surface area contributed by atoms with Crippen LogP contribution in [0.3, 0.4) is 0 Å². The Bertz CT molecular complexity index is 1170. The van der Waals surface area contributed by atoms with Gasteiger partial charge in [-0.3, -0.25) is 4.57 Å². The summed E-state index contributed by atoms with van der Waals surface area (Å²) in [5.41, 5.74) is 1.91. The van der Waals surface area contributed by atoms with E-state index in [1.54, 1.807) is 11.8 Å². The van der Waals surface area contributed by atoms with E-state index in [-0.39, 0.29) is 11.7 Å². The van der Waals surface area contributed by atoms with Gasteiger partial charge in [0, 0.05) is 41.9 Å². The second kappa shape index (κ2) is 9.43. The molecule has 0 bridgehead atoms. The predicted octanol–water partition coefficient (Wildman–Crippen LogP) is 3.65. The van der Waals surface area contributed by atoms with E-state index < -0.39 is 0 Å². The zero-order chi connectivity index (χ0) is 22.1. The molecule has 0 N–H and O–H groups in total. The van der Waals surface area contributed by atoms with Gasteiger partial charge < -0.3 is 18.8 Å². The highest BCUT2D eigenvalue weighted by molar-refractivity contribution is 7.98. The van der Waals surface area contributed by atoms with Crippen molar-refractivity contribution in [3.63, 3.8) is 0 Å². The molecule has 10 heteroatoms. The summed E-state index contributed by atoms with van der Waals surface area (Å²) < 4.78 is 18.9. The molecule has 4 heterocycles. The Balaban J connectivity index is 1.44. The number of aromatic nitrogens is 3. The third-order valence-corrected chi connectivity index (χ3v) is 7.29. The van der Waals surface area contributed by atoms with Crippen molar-refractivity contribution < 1.29 is 13.9 Å². The molecule has 5 rings (SSSR count). The van der Waals surface area contributed by atoms with Gasteiger partial charge in [-0.05, 0) is 43.0 Å². The Labute approximate surface area is 194 Å². The van der Waals surface area contributed by atoms with Crippen molar-refractivity contribution >= 4 is 40.3 Å². The lowest BCUT2D eigenvalue weighted by atomic mass is 10.1. The van der Waals surface area contributed by atoms with Crippen LogP contribution in [0.15, 0.2) is 32.6 Å². The molecule has 0 spiro atoms. The van der Waals surface area contributed by atoms with Gasteiger partial charge in [-0.15, -0.1) is 10.2 Å². The number of anilines is 1. The van der Waals surface area contributed by atoms with Crippen LogP contribution in [-0.4, -0.2) is 53.8 Å². The van der Waals surface area contributed by atoms with Crippen molar-refractivity contribution in [1.29, 1.82) is 0 Å². The first-order valence-corrected chi connectivity index (χ1v) is 12.2. The summed E-state index contributed by atoms with van der Waals surface area (Å²) in [6.45, 7) is 6.35. The maximum atomic E-state index is 12.1. The van der Waals surface area contributed by atoms with Crippen molar-refractivity contribution in [2.24, 2.45) is 0 Å². The zero-order valence-electron chi connectivity index (χ0n) is 17.9. The van der Waals surface area contributed by atoms with Crippen LogP contribution in [-0.2, 0) is 21.8 Å². The van der Waals surface area contributed by atoms with Crippen molar-refractivity contribution in [3.8, 4) is 0 Å². The number of thioether (sulfide) groups is 1. The van der Waals surface area contributed by atoms with Gasteiger partial charge in [0.2, 0.25) is 5.95 Å². The van der Waals surface area contributed by atoms with E-state index in [1.807, 2.05) is 19.1 Å². The monoisotopic (exact) mass is 476 g/mol. The van der Waals surface area contributed by atoms with Crippen LogP contribution < -0.4 is 10.5 Å². The maximum Gasteiger partial charge on any atom is 0.336 e. The van der Waals surface area contributed by atoms with Crippen LogP contribution in [0.2, 0.25) is 5.02 Å². The summed E-state index contributed by atoms with van der Waals surface area (Å²) in [4.78, 5) is 14.4. The van der Waals surface area contributed by atoms with Crippen molar-refractivity contribution in [1.82, 2.24) is 14.8 Å². The van der Waals surface area contributed by atoms with Crippen LogP contribution in [0.1, 0.15) is 24.0 Å². The first kappa shape index (κ1) is 21.8. The van der Waals surface area contributed by atoms with Crippen LogP contribution in [0, 0.1) is 6.92 Å². The fraction of sp³-hybridized carbons (Fsp3) is 0.500. The zero-order valence-corrected chi connectivity index (χ0v) is 19.5. The summed E-state index contributed by atoms with van der Waals surface area (Å²) >= 11 is 7.90. The SMILES string of the molecule is Cc1cc2oc(=O)cc(CSc3nnc(N4CCOCC4)n3CC3CCCO3)c2cc1Cl. The molecule has 32 heavy (non-hydrogen) atoms. The quantitative estimate of drug-likeness (QED) is 0.394. The topological polar surface area (TPSA) is 82.6 Å². The number of ether oxygens (including phenoxy) is 2. The Kier molecular flexibility index (Phi) is 6.41. The van der Waals surface area contributed by atoms with Crippen LogP contribution in [0.5, 0.6) is 0 Å². The Morgan fingerprint density at radius 1 is 1.19 bits per heavy atom. The lowest BCUT2D eigenvalue weighted by Gasteiger charge is -2.28. The van der Waals surface area contributed by atoms with Crippen molar-refractivity contribution in [2.75, 3.05) is 37.8 Å². The molecule has 170 valence electrons. The largest absolute Gasteiger partial charge is 0.423 e. The number of aryl methyl sites for hydroxylation is 1. The highest BCUT2D eigenvalue weighted by atomic mass is 35.5.